The van der Waals surface area contributed by atoms with Crippen molar-refractivity contribution >= 4 is 40.1 Å². The highest BCUT2D eigenvalue weighted by molar-refractivity contribution is 6.30. The van der Waals surface area contributed by atoms with Gasteiger partial charge in [-0.1, -0.05) is 66.2 Å². The summed E-state index contributed by atoms with van der Waals surface area (Å²) in [6, 6.07) is 18.9. The molecule has 5 nitrogen and oxygen atoms in total. The third-order valence-corrected chi connectivity index (χ3v) is 5.68. The van der Waals surface area contributed by atoms with Crippen molar-refractivity contribution in [2.24, 2.45) is 0 Å². The van der Waals surface area contributed by atoms with E-state index in [-0.39, 0.29) is 18.1 Å². The number of halogens is 1. The highest BCUT2D eigenvalue weighted by atomic mass is 35.5. The molecule has 3 aromatic carbocycles. The third kappa shape index (κ3) is 4.07. The first-order valence-corrected chi connectivity index (χ1v) is 10.2. The fraction of sp³-hybridized carbons (Fsp3) is 0.208. The Bertz CT molecular complexity index is 1130. The molecule has 1 N–H and O–H groups in total. The van der Waals surface area contributed by atoms with Gasteiger partial charge in [-0.15, -0.1) is 0 Å². The van der Waals surface area contributed by atoms with E-state index in [2.05, 4.69) is 5.32 Å². The van der Waals surface area contributed by atoms with E-state index in [1.54, 1.807) is 24.3 Å². The molecule has 0 spiro atoms. The first kappa shape index (κ1) is 20.1. The number of Topliss-reactive ketones (excluding diaryl/α,β-unsaturated/α-hetero) is 1. The minimum absolute atomic E-state index is 0.236. The minimum Gasteiger partial charge on any atom is -0.325 e. The van der Waals surface area contributed by atoms with Gasteiger partial charge >= 0.3 is 6.03 Å². The van der Waals surface area contributed by atoms with Gasteiger partial charge in [0, 0.05) is 17.9 Å². The Kier molecular flexibility index (Phi) is 5.55. The number of ketones is 1. The molecule has 1 aliphatic rings. The number of nitrogens with one attached hydrogen (secondary N) is 1. The Hall–Kier alpha value is -3.18. The van der Waals surface area contributed by atoms with E-state index in [4.69, 9.17) is 11.6 Å². The molecular formula is C24H21ClN2O3. The Morgan fingerprint density at radius 3 is 2.37 bits per heavy atom. The van der Waals surface area contributed by atoms with Crippen LogP contribution in [0.1, 0.15) is 18.1 Å². The summed E-state index contributed by atoms with van der Waals surface area (Å²) < 4.78 is 0. The van der Waals surface area contributed by atoms with Crippen molar-refractivity contribution in [2.45, 2.75) is 31.8 Å². The lowest BCUT2D eigenvalue weighted by Crippen LogP contribution is -2.46. The normalized spacial score (nSPS) is 17.3. The summed E-state index contributed by atoms with van der Waals surface area (Å²) in [5.41, 5.74) is 1.78. The molecule has 1 aliphatic heterocycles. The topological polar surface area (TPSA) is 66.5 Å². The fourth-order valence-electron chi connectivity index (χ4n) is 3.84. The Morgan fingerprint density at radius 2 is 1.67 bits per heavy atom. The van der Waals surface area contributed by atoms with Crippen molar-refractivity contribution in [3.8, 4) is 0 Å². The number of carbonyl (C=O) groups excluding carboxylic acids is 3. The van der Waals surface area contributed by atoms with E-state index in [1.807, 2.05) is 42.5 Å². The van der Waals surface area contributed by atoms with Crippen LogP contribution in [0.25, 0.3) is 10.8 Å². The summed E-state index contributed by atoms with van der Waals surface area (Å²) in [6.07, 6.45) is 0.631. The number of imide groups is 1. The molecule has 1 fully saturated rings. The SMILES string of the molecule is CC(=O)C(Cc1ccc(Cl)cc1)N1C(=O)NC(Cc2ccc3ccccc3c2)C1=O. The largest absolute Gasteiger partial charge is 0.325 e. The smallest absolute Gasteiger partial charge is 0.325 e. The van der Waals surface area contributed by atoms with Gasteiger partial charge in [0.1, 0.15) is 12.1 Å². The number of hydrogen-bond acceptors (Lipinski definition) is 3. The molecule has 1 heterocycles. The zero-order valence-corrected chi connectivity index (χ0v) is 17.2. The molecule has 2 unspecified atom stereocenters. The standard InChI is InChI=1S/C24H21ClN2O3/c1-15(28)22(14-16-7-10-20(25)11-8-16)27-23(29)21(26-24(27)30)13-17-6-9-18-4-2-3-5-19(18)12-17/h2-12,21-22H,13-14H2,1H3,(H,26,30). The average molecular weight is 421 g/mol. The maximum Gasteiger partial charge on any atom is 0.325 e. The van der Waals surface area contributed by atoms with E-state index in [0.717, 1.165) is 26.8 Å². The van der Waals surface area contributed by atoms with E-state index in [9.17, 15) is 14.4 Å². The molecule has 30 heavy (non-hydrogen) atoms. The summed E-state index contributed by atoms with van der Waals surface area (Å²) >= 11 is 5.92. The van der Waals surface area contributed by atoms with Gasteiger partial charge in [-0.3, -0.25) is 14.5 Å². The lowest BCUT2D eigenvalue weighted by Gasteiger charge is -2.23. The van der Waals surface area contributed by atoms with Crippen LogP contribution in [0.2, 0.25) is 5.02 Å². The van der Waals surface area contributed by atoms with Gasteiger partial charge in [0.25, 0.3) is 5.91 Å². The second-order valence-electron chi connectivity index (χ2n) is 7.55. The number of hydrogen-bond donors (Lipinski definition) is 1. The van der Waals surface area contributed by atoms with Crippen LogP contribution in [0.15, 0.2) is 66.7 Å². The van der Waals surface area contributed by atoms with Crippen molar-refractivity contribution in [3.63, 3.8) is 0 Å². The van der Waals surface area contributed by atoms with Crippen LogP contribution in [0.4, 0.5) is 4.79 Å². The van der Waals surface area contributed by atoms with Gasteiger partial charge in [0.05, 0.1) is 0 Å². The van der Waals surface area contributed by atoms with Gasteiger partial charge in [-0.2, -0.15) is 0 Å². The summed E-state index contributed by atoms with van der Waals surface area (Å²) in [7, 11) is 0. The highest BCUT2D eigenvalue weighted by Gasteiger charge is 2.43. The third-order valence-electron chi connectivity index (χ3n) is 5.43. The predicted molar refractivity (Wildman–Crippen MR) is 116 cm³/mol. The summed E-state index contributed by atoms with van der Waals surface area (Å²) in [4.78, 5) is 39.0. The number of rotatable bonds is 6. The lowest BCUT2D eigenvalue weighted by atomic mass is 9.99. The van der Waals surface area contributed by atoms with Crippen molar-refractivity contribution < 1.29 is 14.4 Å². The van der Waals surface area contributed by atoms with Gasteiger partial charge in [-0.05, 0) is 41.0 Å². The van der Waals surface area contributed by atoms with Crippen LogP contribution in [-0.4, -0.2) is 34.7 Å². The molecule has 4 rings (SSSR count). The molecule has 6 heteroatoms. The maximum absolute atomic E-state index is 13.0. The molecule has 2 atom stereocenters. The van der Waals surface area contributed by atoms with Gasteiger partial charge in [0.2, 0.25) is 0 Å². The molecule has 3 amide bonds. The summed E-state index contributed by atoms with van der Waals surface area (Å²) in [6.45, 7) is 1.40. The zero-order valence-electron chi connectivity index (χ0n) is 16.5. The van der Waals surface area contributed by atoms with Crippen LogP contribution in [0.5, 0.6) is 0 Å². The van der Waals surface area contributed by atoms with Crippen LogP contribution < -0.4 is 5.32 Å². The number of fused-ring (bicyclic) bond motifs is 1. The Morgan fingerprint density at radius 1 is 1.00 bits per heavy atom. The van der Waals surface area contributed by atoms with Crippen LogP contribution in [0.3, 0.4) is 0 Å². The Balaban J connectivity index is 1.53. The first-order valence-electron chi connectivity index (χ1n) is 9.78. The second-order valence-corrected chi connectivity index (χ2v) is 7.99. The van der Waals surface area contributed by atoms with Crippen molar-refractivity contribution in [1.29, 1.82) is 0 Å². The predicted octanol–water partition coefficient (Wildman–Crippen LogP) is 4.16. The molecule has 1 saturated heterocycles. The van der Waals surface area contributed by atoms with Crippen LogP contribution in [0, 0.1) is 0 Å². The van der Waals surface area contributed by atoms with Crippen molar-refractivity contribution in [3.05, 3.63) is 82.9 Å². The molecule has 0 saturated carbocycles. The lowest BCUT2D eigenvalue weighted by molar-refractivity contribution is -0.134. The molecule has 152 valence electrons. The highest BCUT2D eigenvalue weighted by Crippen LogP contribution is 2.21. The van der Waals surface area contributed by atoms with E-state index < -0.39 is 18.1 Å². The van der Waals surface area contributed by atoms with Gasteiger partial charge < -0.3 is 5.32 Å². The quantitative estimate of drug-likeness (QED) is 0.609. The summed E-state index contributed by atoms with van der Waals surface area (Å²) in [5.74, 6) is -0.609. The molecule has 0 radical (unpaired) electrons. The van der Waals surface area contributed by atoms with E-state index >= 15 is 0 Å². The number of urea groups is 1. The first-order chi connectivity index (χ1) is 14.4. The van der Waals surface area contributed by atoms with Gasteiger partial charge in [-0.25, -0.2) is 4.79 Å². The number of carbonyl (C=O) groups is 3. The average Bonchev–Trinajstić information content (AvgIpc) is 3.00. The van der Waals surface area contributed by atoms with Gasteiger partial charge in [0.15, 0.2) is 5.78 Å². The number of nitrogens with zero attached hydrogens (tertiary/aromatic N) is 1. The molecule has 0 bridgehead atoms. The Labute approximate surface area is 179 Å². The van der Waals surface area contributed by atoms with Crippen molar-refractivity contribution in [1.82, 2.24) is 10.2 Å². The minimum atomic E-state index is -0.847. The molecule has 3 aromatic rings. The summed E-state index contributed by atoms with van der Waals surface area (Å²) in [5, 5.41) is 5.52. The zero-order chi connectivity index (χ0) is 21.3. The van der Waals surface area contributed by atoms with Crippen LogP contribution >= 0.6 is 11.6 Å². The van der Waals surface area contributed by atoms with E-state index in [0.29, 0.717) is 11.4 Å². The van der Waals surface area contributed by atoms with Crippen molar-refractivity contribution in [2.75, 3.05) is 0 Å². The monoisotopic (exact) mass is 420 g/mol. The van der Waals surface area contributed by atoms with E-state index in [1.165, 1.54) is 6.92 Å². The molecule has 0 aliphatic carbocycles. The van der Waals surface area contributed by atoms with Crippen LogP contribution in [-0.2, 0) is 22.4 Å². The number of amides is 3. The molecular weight excluding hydrogens is 400 g/mol. The number of benzene rings is 3. The fourth-order valence-corrected chi connectivity index (χ4v) is 3.97. The maximum atomic E-state index is 13.0. The molecule has 0 aromatic heterocycles. The second kappa shape index (κ2) is 8.28.